The van der Waals surface area contributed by atoms with E-state index in [4.69, 9.17) is 5.26 Å². The van der Waals surface area contributed by atoms with E-state index in [0.29, 0.717) is 6.04 Å². The highest BCUT2D eigenvalue weighted by Gasteiger charge is 2.15. The average molecular weight is 194 g/mol. The minimum Gasteiger partial charge on any atom is -0.313 e. The van der Waals surface area contributed by atoms with E-state index in [2.05, 4.69) is 18.3 Å². The molecule has 0 aliphatic heterocycles. The van der Waals surface area contributed by atoms with Gasteiger partial charge in [0.1, 0.15) is 0 Å². The van der Waals surface area contributed by atoms with Crippen LogP contribution in [0.5, 0.6) is 0 Å². The quantitative estimate of drug-likeness (QED) is 0.701. The van der Waals surface area contributed by atoms with Crippen LogP contribution in [-0.4, -0.2) is 12.6 Å². The maximum atomic E-state index is 8.67. The fourth-order valence-electron chi connectivity index (χ4n) is 2.08. The maximum absolute atomic E-state index is 8.67. The normalized spacial score (nSPS) is 30.4. The summed E-state index contributed by atoms with van der Waals surface area (Å²) >= 11 is 0. The fourth-order valence-corrected chi connectivity index (χ4v) is 2.08. The summed E-state index contributed by atoms with van der Waals surface area (Å²) in [5.41, 5.74) is 0. The predicted molar refractivity (Wildman–Crippen MR) is 58.8 cm³/mol. The lowest BCUT2D eigenvalue weighted by Crippen LogP contribution is -2.31. The molecule has 0 aromatic heterocycles. The minimum absolute atomic E-state index is 0.149. The molecule has 3 unspecified atom stereocenters. The fraction of sp³-hybridized carbons (Fsp3) is 0.917. The van der Waals surface area contributed by atoms with Gasteiger partial charge in [-0.3, -0.25) is 0 Å². The van der Waals surface area contributed by atoms with Gasteiger partial charge >= 0.3 is 0 Å². The van der Waals surface area contributed by atoms with Gasteiger partial charge < -0.3 is 5.32 Å². The molecule has 1 aliphatic rings. The van der Waals surface area contributed by atoms with Crippen molar-refractivity contribution in [3.05, 3.63) is 0 Å². The number of nitrogens with zero attached hydrogens (tertiary/aromatic N) is 1. The van der Waals surface area contributed by atoms with Crippen molar-refractivity contribution in [1.29, 1.82) is 5.26 Å². The zero-order valence-electron chi connectivity index (χ0n) is 9.42. The van der Waals surface area contributed by atoms with Crippen molar-refractivity contribution < 1.29 is 0 Å². The van der Waals surface area contributed by atoms with Crippen molar-refractivity contribution in [2.45, 2.75) is 52.0 Å². The smallest absolute Gasteiger partial charge is 0.0666 e. The summed E-state index contributed by atoms with van der Waals surface area (Å²) in [5, 5.41) is 12.2. The van der Waals surface area contributed by atoms with E-state index in [1.54, 1.807) is 0 Å². The van der Waals surface area contributed by atoms with Crippen LogP contribution in [0.15, 0.2) is 0 Å². The van der Waals surface area contributed by atoms with Crippen LogP contribution in [0.3, 0.4) is 0 Å². The Morgan fingerprint density at radius 3 is 2.86 bits per heavy atom. The van der Waals surface area contributed by atoms with Crippen LogP contribution >= 0.6 is 0 Å². The third-order valence-electron chi connectivity index (χ3n) is 3.19. The van der Waals surface area contributed by atoms with E-state index in [1.807, 2.05) is 6.92 Å². The standard InChI is InChI=1S/C12H22N2/c1-10-4-3-5-12(7-6-10)14-9-11(2)8-13/h10-12,14H,3-7,9H2,1-2H3. The number of nitrogens with one attached hydrogen (secondary N) is 1. The van der Waals surface area contributed by atoms with E-state index in [-0.39, 0.29) is 5.92 Å². The van der Waals surface area contributed by atoms with Crippen LogP contribution in [0.25, 0.3) is 0 Å². The molecule has 1 fully saturated rings. The highest BCUT2D eigenvalue weighted by molar-refractivity contribution is 4.82. The van der Waals surface area contributed by atoms with Crippen LogP contribution in [0, 0.1) is 23.2 Å². The minimum atomic E-state index is 0.149. The van der Waals surface area contributed by atoms with E-state index in [0.717, 1.165) is 12.5 Å². The molecule has 0 aromatic carbocycles. The van der Waals surface area contributed by atoms with Crippen LogP contribution < -0.4 is 5.32 Å². The Bertz CT molecular complexity index is 195. The summed E-state index contributed by atoms with van der Waals surface area (Å²) in [6, 6.07) is 2.93. The number of hydrogen-bond acceptors (Lipinski definition) is 2. The van der Waals surface area contributed by atoms with Gasteiger partial charge in [0.2, 0.25) is 0 Å². The van der Waals surface area contributed by atoms with Gasteiger partial charge in [-0.25, -0.2) is 0 Å². The first-order valence-electron chi connectivity index (χ1n) is 5.85. The van der Waals surface area contributed by atoms with Crippen LogP contribution in [0.1, 0.15) is 46.0 Å². The second-order valence-electron chi connectivity index (χ2n) is 4.75. The van der Waals surface area contributed by atoms with Crippen molar-refractivity contribution in [1.82, 2.24) is 5.32 Å². The zero-order chi connectivity index (χ0) is 10.4. The van der Waals surface area contributed by atoms with E-state index in [9.17, 15) is 0 Å². The Morgan fingerprint density at radius 1 is 1.36 bits per heavy atom. The second kappa shape index (κ2) is 6.03. The molecule has 2 nitrogen and oxygen atoms in total. The molecule has 14 heavy (non-hydrogen) atoms. The van der Waals surface area contributed by atoms with Gasteiger partial charge in [0.25, 0.3) is 0 Å². The Hall–Kier alpha value is -0.550. The average Bonchev–Trinajstić information content (AvgIpc) is 2.39. The first kappa shape index (κ1) is 11.5. The van der Waals surface area contributed by atoms with Crippen molar-refractivity contribution in [2.24, 2.45) is 11.8 Å². The number of hydrogen-bond donors (Lipinski definition) is 1. The highest BCUT2D eigenvalue weighted by atomic mass is 14.9. The second-order valence-corrected chi connectivity index (χ2v) is 4.75. The van der Waals surface area contributed by atoms with Gasteiger partial charge in [0.05, 0.1) is 12.0 Å². The summed E-state index contributed by atoms with van der Waals surface area (Å²) in [5.74, 6) is 1.05. The third-order valence-corrected chi connectivity index (χ3v) is 3.19. The number of rotatable bonds is 3. The lowest BCUT2D eigenvalue weighted by atomic mass is 10.0. The van der Waals surface area contributed by atoms with Crippen molar-refractivity contribution in [3.63, 3.8) is 0 Å². The largest absolute Gasteiger partial charge is 0.313 e. The molecule has 1 N–H and O–H groups in total. The van der Waals surface area contributed by atoms with Crippen LogP contribution in [0.2, 0.25) is 0 Å². The van der Waals surface area contributed by atoms with E-state index < -0.39 is 0 Å². The molecule has 0 heterocycles. The summed E-state index contributed by atoms with van der Waals surface area (Å²) in [6.07, 6.45) is 6.66. The molecule has 1 rings (SSSR count). The van der Waals surface area contributed by atoms with Crippen LogP contribution in [-0.2, 0) is 0 Å². The Morgan fingerprint density at radius 2 is 2.14 bits per heavy atom. The SMILES string of the molecule is CC(C#N)CNC1CCCC(C)CC1. The molecule has 0 spiro atoms. The molecule has 0 saturated heterocycles. The molecule has 1 aliphatic carbocycles. The van der Waals surface area contributed by atoms with Gasteiger partial charge in [0, 0.05) is 12.6 Å². The third kappa shape index (κ3) is 4.11. The van der Waals surface area contributed by atoms with Crippen molar-refractivity contribution in [2.75, 3.05) is 6.54 Å². The first-order valence-corrected chi connectivity index (χ1v) is 5.85. The van der Waals surface area contributed by atoms with Gasteiger partial charge in [-0.15, -0.1) is 0 Å². The molecule has 1 saturated carbocycles. The maximum Gasteiger partial charge on any atom is 0.0666 e. The topological polar surface area (TPSA) is 35.8 Å². The molecule has 80 valence electrons. The molecule has 3 atom stereocenters. The lowest BCUT2D eigenvalue weighted by Gasteiger charge is -2.16. The van der Waals surface area contributed by atoms with Gasteiger partial charge in [0.15, 0.2) is 0 Å². The summed E-state index contributed by atoms with van der Waals surface area (Å²) in [7, 11) is 0. The van der Waals surface area contributed by atoms with E-state index in [1.165, 1.54) is 32.1 Å². The zero-order valence-corrected chi connectivity index (χ0v) is 9.42. The lowest BCUT2D eigenvalue weighted by molar-refractivity contribution is 0.432. The Labute approximate surface area is 87.7 Å². The van der Waals surface area contributed by atoms with Crippen molar-refractivity contribution >= 4 is 0 Å². The van der Waals surface area contributed by atoms with Gasteiger partial charge in [-0.1, -0.05) is 19.8 Å². The summed E-state index contributed by atoms with van der Waals surface area (Å²) in [4.78, 5) is 0. The van der Waals surface area contributed by atoms with Gasteiger partial charge in [-0.05, 0) is 32.1 Å². The Kier molecular flexibility index (Phi) is 4.97. The van der Waals surface area contributed by atoms with Crippen LogP contribution in [0.4, 0.5) is 0 Å². The molecular weight excluding hydrogens is 172 g/mol. The predicted octanol–water partition coefficient (Wildman–Crippen LogP) is 2.70. The molecule has 0 aromatic rings. The highest BCUT2D eigenvalue weighted by Crippen LogP contribution is 2.22. The van der Waals surface area contributed by atoms with Gasteiger partial charge in [-0.2, -0.15) is 5.26 Å². The molecule has 0 bridgehead atoms. The molecule has 0 amide bonds. The molecule has 2 heteroatoms. The number of nitriles is 1. The molecule has 0 radical (unpaired) electrons. The summed E-state index contributed by atoms with van der Waals surface area (Å²) in [6.45, 7) is 5.18. The van der Waals surface area contributed by atoms with Crippen molar-refractivity contribution in [3.8, 4) is 6.07 Å². The Balaban J connectivity index is 2.21. The summed E-state index contributed by atoms with van der Waals surface area (Å²) < 4.78 is 0. The molecular formula is C12H22N2. The monoisotopic (exact) mass is 194 g/mol. The van der Waals surface area contributed by atoms with E-state index >= 15 is 0 Å². The first-order chi connectivity index (χ1) is 6.72.